The summed E-state index contributed by atoms with van der Waals surface area (Å²) in [7, 11) is 0. The SMILES string of the molecule is NCCC(O)c1cc(Cl)cc(C=CC2(O)CCCCC2)c1. The van der Waals surface area contributed by atoms with Gasteiger partial charge in [0.25, 0.3) is 0 Å². The third-order valence-corrected chi connectivity index (χ3v) is 4.29. The molecule has 4 heteroatoms. The zero-order chi connectivity index (χ0) is 15.3. The molecule has 3 nitrogen and oxygen atoms in total. The van der Waals surface area contributed by atoms with Crippen LogP contribution in [0.1, 0.15) is 55.8 Å². The van der Waals surface area contributed by atoms with E-state index in [0.717, 1.165) is 36.8 Å². The first kappa shape index (κ1) is 16.5. The van der Waals surface area contributed by atoms with Crippen LogP contribution >= 0.6 is 11.6 Å². The Hall–Kier alpha value is -0.870. The van der Waals surface area contributed by atoms with Crippen LogP contribution < -0.4 is 5.73 Å². The number of benzene rings is 1. The third-order valence-electron chi connectivity index (χ3n) is 4.07. The van der Waals surface area contributed by atoms with Crippen LogP contribution in [0.25, 0.3) is 6.08 Å². The zero-order valence-electron chi connectivity index (χ0n) is 12.3. The van der Waals surface area contributed by atoms with Crippen molar-refractivity contribution in [2.75, 3.05) is 6.54 Å². The van der Waals surface area contributed by atoms with Crippen molar-refractivity contribution >= 4 is 17.7 Å². The summed E-state index contributed by atoms with van der Waals surface area (Å²) < 4.78 is 0. The Morgan fingerprint density at radius 3 is 2.62 bits per heavy atom. The number of aliphatic hydroxyl groups excluding tert-OH is 1. The van der Waals surface area contributed by atoms with Crippen LogP contribution in [0.4, 0.5) is 0 Å². The number of rotatable bonds is 5. The van der Waals surface area contributed by atoms with Gasteiger partial charge in [0, 0.05) is 5.02 Å². The molecule has 21 heavy (non-hydrogen) atoms. The Morgan fingerprint density at radius 2 is 1.95 bits per heavy atom. The lowest BCUT2D eigenvalue weighted by Gasteiger charge is -2.28. The summed E-state index contributed by atoms with van der Waals surface area (Å²) >= 11 is 6.11. The van der Waals surface area contributed by atoms with Crippen molar-refractivity contribution in [3.8, 4) is 0 Å². The number of hydrogen-bond donors (Lipinski definition) is 3. The summed E-state index contributed by atoms with van der Waals surface area (Å²) in [6.07, 6.45) is 8.63. The number of aliphatic hydroxyl groups is 2. The predicted octanol–water partition coefficient (Wildman–Crippen LogP) is 3.43. The fourth-order valence-corrected chi connectivity index (χ4v) is 3.08. The predicted molar refractivity (Wildman–Crippen MR) is 87.2 cm³/mol. The lowest BCUT2D eigenvalue weighted by atomic mass is 9.84. The van der Waals surface area contributed by atoms with Crippen LogP contribution in [0.5, 0.6) is 0 Å². The maximum absolute atomic E-state index is 10.5. The summed E-state index contributed by atoms with van der Waals surface area (Å²) in [4.78, 5) is 0. The molecule has 1 aliphatic rings. The Kier molecular flexibility index (Phi) is 5.82. The lowest BCUT2D eigenvalue weighted by molar-refractivity contribution is 0.0521. The monoisotopic (exact) mass is 309 g/mol. The van der Waals surface area contributed by atoms with E-state index in [9.17, 15) is 10.2 Å². The number of hydrogen-bond acceptors (Lipinski definition) is 3. The summed E-state index contributed by atoms with van der Waals surface area (Å²) in [6.45, 7) is 0.429. The van der Waals surface area contributed by atoms with E-state index in [2.05, 4.69) is 0 Å². The molecule has 1 fully saturated rings. The Bertz CT molecular complexity index is 496. The maximum atomic E-state index is 10.5. The topological polar surface area (TPSA) is 66.5 Å². The Balaban J connectivity index is 2.15. The highest BCUT2D eigenvalue weighted by Gasteiger charge is 2.25. The summed E-state index contributed by atoms with van der Waals surface area (Å²) in [5.74, 6) is 0. The van der Waals surface area contributed by atoms with Crippen molar-refractivity contribution in [3.05, 3.63) is 40.4 Å². The molecule has 0 radical (unpaired) electrons. The highest BCUT2D eigenvalue weighted by atomic mass is 35.5. The van der Waals surface area contributed by atoms with E-state index in [1.54, 1.807) is 6.07 Å². The standard InChI is InChI=1S/C17H24ClNO2/c18-15-11-13(10-14(12-15)16(20)5-9-19)4-8-17(21)6-2-1-3-7-17/h4,8,10-12,16,20-21H,1-3,5-7,9,19H2. The van der Waals surface area contributed by atoms with Crippen LogP contribution in [-0.4, -0.2) is 22.4 Å². The Labute approximate surface area is 131 Å². The molecule has 1 aromatic carbocycles. The minimum atomic E-state index is -0.698. The van der Waals surface area contributed by atoms with Gasteiger partial charge in [0.15, 0.2) is 0 Å². The smallest absolute Gasteiger partial charge is 0.0830 e. The largest absolute Gasteiger partial charge is 0.388 e. The van der Waals surface area contributed by atoms with Crippen molar-refractivity contribution in [1.82, 2.24) is 0 Å². The van der Waals surface area contributed by atoms with E-state index >= 15 is 0 Å². The molecule has 0 aromatic heterocycles. The lowest BCUT2D eigenvalue weighted by Crippen LogP contribution is -2.28. The van der Waals surface area contributed by atoms with Gasteiger partial charge in [-0.05, 0) is 55.1 Å². The van der Waals surface area contributed by atoms with E-state index < -0.39 is 11.7 Å². The molecule has 1 aromatic rings. The van der Waals surface area contributed by atoms with Gasteiger partial charge in [-0.3, -0.25) is 0 Å². The Morgan fingerprint density at radius 1 is 1.24 bits per heavy atom. The summed E-state index contributed by atoms with van der Waals surface area (Å²) in [5.41, 5.74) is 6.44. The van der Waals surface area contributed by atoms with Gasteiger partial charge < -0.3 is 15.9 Å². The maximum Gasteiger partial charge on any atom is 0.0830 e. The molecular formula is C17H24ClNO2. The van der Waals surface area contributed by atoms with Gasteiger partial charge in [-0.1, -0.05) is 43.0 Å². The minimum Gasteiger partial charge on any atom is -0.388 e. The van der Waals surface area contributed by atoms with Crippen molar-refractivity contribution in [3.63, 3.8) is 0 Å². The molecule has 0 saturated heterocycles. The van der Waals surface area contributed by atoms with Crippen molar-refractivity contribution in [1.29, 1.82) is 0 Å². The quantitative estimate of drug-likeness (QED) is 0.780. The average Bonchev–Trinajstić information content (AvgIpc) is 2.46. The van der Waals surface area contributed by atoms with E-state index in [1.807, 2.05) is 24.3 Å². The molecule has 2 rings (SSSR count). The molecule has 0 heterocycles. The normalized spacial score (nSPS) is 19.8. The average molecular weight is 310 g/mol. The van der Waals surface area contributed by atoms with Crippen LogP contribution in [0.3, 0.4) is 0 Å². The molecular weight excluding hydrogens is 286 g/mol. The molecule has 0 amide bonds. The second-order valence-electron chi connectivity index (χ2n) is 5.91. The van der Waals surface area contributed by atoms with Crippen LogP contribution in [-0.2, 0) is 0 Å². The van der Waals surface area contributed by atoms with Crippen LogP contribution in [0, 0.1) is 0 Å². The van der Waals surface area contributed by atoms with Crippen molar-refractivity contribution < 1.29 is 10.2 Å². The van der Waals surface area contributed by atoms with E-state index in [-0.39, 0.29) is 0 Å². The first-order chi connectivity index (χ1) is 10.0. The molecule has 0 aliphatic heterocycles. The number of nitrogens with two attached hydrogens (primary N) is 1. The minimum absolute atomic E-state index is 0.429. The van der Waals surface area contributed by atoms with E-state index in [4.69, 9.17) is 17.3 Å². The van der Waals surface area contributed by atoms with Gasteiger partial charge in [-0.25, -0.2) is 0 Å². The molecule has 1 aliphatic carbocycles. The van der Waals surface area contributed by atoms with Gasteiger partial charge in [0.2, 0.25) is 0 Å². The summed E-state index contributed by atoms with van der Waals surface area (Å²) in [5, 5.41) is 21.1. The van der Waals surface area contributed by atoms with Gasteiger partial charge in [0.05, 0.1) is 11.7 Å². The molecule has 1 saturated carbocycles. The highest BCUT2D eigenvalue weighted by Crippen LogP contribution is 2.30. The zero-order valence-corrected chi connectivity index (χ0v) is 13.0. The van der Waals surface area contributed by atoms with Gasteiger partial charge in [-0.15, -0.1) is 0 Å². The molecule has 0 bridgehead atoms. The van der Waals surface area contributed by atoms with E-state index in [1.165, 1.54) is 6.42 Å². The fourth-order valence-electron chi connectivity index (χ4n) is 2.83. The second-order valence-corrected chi connectivity index (χ2v) is 6.35. The van der Waals surface area contributed by atoms with Crippen LogP contribution in [0.15, 0.2) is 24.3 Å². The van der Waals surface area contributed by atoms with Gasteiger partial charge >= 0.3 is 0 Å². The fraction of sp³-hybridized carbons (Fsp3) is 0.529. The molecule has 0 spiro atoms. The molecule has 1 atom stereocenters. The van der Waals surface area contributed by atoms with Crippen molar-refractivity contribution in [2.24, 2.45) is 5.73 Å². The first-order valence-electron chi connectivity index (χ1n) is 7.63. The highest BCUT2D eigenvalue weighted by molar-refractivity contribution is 6.30. The third kappa shape index (κ3) is 4.82. The van der Waals surface area contributed by atoms with Crippen LogP contribution in [0.2, 0.25) is 5.02 Å². The number of halogens is 1. The van der Waals surface area contributed by atoms with Gasteiger partial charge in [0.1, 0.15) is 0 Å². The summed E-state index contributed by atoms with van der Waals surface area (Å²) in [6, 6.07) is 5.49. The molecule has 1 unspecified atom stereocenters. The first-order valence-corrected chi connectivity index (χ1v) is 8.00. The molecule has 116 valence electrons. The van der Waals surface area contributed by atoms with Crippen molar-refractivity contribution in [2.45, 2.75) is 50.2 Å². The van der Waals surface area contributed by atoms with E-state index in [0.29, 0.717) is 18.0 Å². The van der Waals surface area contributed by atoms with Gasteiger partial charge in [-0.2, -0.15) is 0 Å². The molecule has 4 N–H and O–H groups in total. The second kappa shape index (κ2) is 7.41.